The van der Waals surface area contributed by atoms with Gasteiger partial charge in [0.05, 0.1) is 0 Å². The summed E-state index contributed by atoms with van der Waals surface area (Å²) >= 11 is 0. The summed E-state index contributed by atoms with van der Waals surface area (Å²) in [6.45, 7) is 9.73. The molecule has 0 aromatic rings. The number of primary amides is 1. The molecule has 2 amide bonds. The molecule has 0 aromatic heterocycles. The van der Waals surface area contributed by atoms with E-state index in [1.54, 1.807) is 20.8 Å². The molecule has 0 saturated carbocycles. The summed E-state index contributed by atoms with van der Waals surface area (Å²) in [4.78, 5) is 22.5. The van der Waals surface area contributed by atoms with Gasteiger partial charge in [-0.1, -0.05) is 13.8 Å². The molecule has 0 aliphatic rings. The van der Waals surface area contributed by atoms with Gasteiger partial charge in [0.1, 0.15) is 5.60 Å². The Balaban J connectivity index is 4.37. The van der Waals surface area contributed by atoms with E-state index in [1.807, 2.05) is 13.8 Å². The van der Waals surface area contributed by atoms with Gasteiger partial charge in [-0.2, -0.15) is 0 Å². The molecule has 5 N–H and O–H groups in total. The first-order valence-electron chi connectivity index (χ1n) is 6.53. The number of nitrogens with two attached hydrogens (primary N) is 2. The topological polar surface area (TPSA) is 107 Å². The lowest BCUT2D eigenvalue weighted by Crippen LogP contribution is -2.44. The Kier molecular flexibility index (Phi) is 6.83. The fourth-order valence-corrected chi connectivity index (χ4v) is 1.78. The van der Waals surface area contributed by atoms with E-state index in [9.17, 15) is 9.59 Å². The summed E-state index contributed by atoms with van der Waals surface area (Å²) in [7, 11) is 0. The summed E-state index contributed by atoms with van der Waals surface area (Å²) in [5, 5.41) is 2.68. The maximum Gasteiger partial charge on any atom is 0.407 e. The van der Waals surface area contributed by atoms with Gasteiger partial charge in [0, 0.05) is 19.0 Å². The van der Waals surface area contributed by atoms with Crippen molar-refractivity contribution in [1.29, 1.82) is 0 Å². The van der Waals surface area contributed by atoms with E-state index in [1.165, 1.54) is 0 Å². The van der Waals surface area contributed by atoms with Crippen LogP contribution >= 0.6 is 0 Å². The lowest BCUT2D eigenvalue weighted by molar-refractivity contribution is -0.118. The van der Waals surface area contributed by atoms with Crippen LogP contribution in [0.3, 0.4) is 0 Å². The molecule has 2 unspecified atom stereocenters. The number of carbonyl (C=O) groups excluding carboxylic acids is 2. The minimum absolute atomic E-state index is 0.0278. The van der Waals surface area contributed by atoms with Crippen LogP contribution in [0.25, 0.3) is 0 Å². The first-order valence-corrected chi connectivity index (χ1v) is 6.53. The van der Waals surface area contributed by atoms with E-state index in [0.717, 1.165) is 0 Å². The standard InChI is InChI=1S/C13H27N3O3/c1-8(2)9(10(14)6-11(15)17)7-16-12(18)19-13(3,4)5/h8-10H,6-7,14H2,1-5H3,(H2,15,17)(H,16,18). The number of carbonyl (C=O) groups is 2. The van der Waals surface area contributed by atoms with E-state index in [2.05, 4.69) is 5.32 Å². The number of ether oxygens (including phenoxy) is 1. The Morgan fingerprint density at radius 1 is 1.26 bits per heavy atom. The van der Waals surface area contributed by atoms with Crippen molar-refractivity contribution in [3.8, 4) is 0 Å². The van der Waals surface area contributed by atoms with Gasteiger partial charge in [0.2, 0.25) is 5.91 Å². The average molecular weight is 273 g/mol. The first-order chi connectivity index (χ1) is 8.53. The first kappa shape index (κ1) is 17.7. The molecule has 0 heterocycles. The van der Waals surface area contributed by atoms with Gasteiger partial charge < -0.3 is 21.5 Å². The van der Waals surface area contributed by atoms with Gasteiger partial charge in [0.25, 0.3) is 0 Å². The van der Waals surface area contributed by atoms with Gasteiger partial charge >= 0.3 is 6.09 Å². The van der Waals surface area contributed by atoms with Crippen molar-refractivity contribution in [3.63, 3.8) is 0 Å². The summed E-state index contributed by atoms with van der Waals surface area (Å²) < 4.78 is 5.15. The maximum atomic E-state index is 11.6. The summed E-state index contributed by atoms with van der Waals surface area (Å²) in [6, 6.07) is -0.368. The Hall–Kier alpha value is -1.30. The van der Waals surface area contributed by atoms with E-state index in [0.29, 0.717) is 6.54 Å². The van der Waals surface area contributed by atoms with Crippen LogP contribution in [0.1, 0.15) is 41.0 Å². The second-order valence-corrected chi connectivity index (χ2v) is 6.12. The highest BCUT2D eigenvalue weighted by molar-refractivity contribution is 5.74. The van der Waals surface area contributed by atoms with Crippen molar-refractivity contribution < 1.29 is 14.3 Å². The van der Waals surface area contributed by atoms with Crippen LogP contribution in [0.5, 0.6) is 0 Å². The molecule has 19 heavy (non-hydrogen) atoms. The van der Waals surface area contributed by atoms with Crippen LogP contribution in [0.15, 0.2) is 0 Å². The highest BCUT2D eigenvalue weighted by atomic mass is 16.6. The fourth-order valence-electron chi connectivity index (χ4n) is 1.78. The van der Waals surface area contributed by atoms with Gasteiger partial charge in [-0.25, -0.2) is 4.79 Å². The summed E-state index contributed by atoms with van der Waals surface area (Å²) in [6.07, 6.45) is -0.372. The minimum atomic E-state index is -0.535. The lowest BCUT2D eigenvalue weighted by atomic mass is 9.87. The van der Waals surface area contributed by atoms with Gasteiger partial charge in [0.15, 0.2) is 0 Å². The largest absolute Gasteiger partial charge is 0.444 e. The average Bonchev–Trinajstić information content (AvgIpc) is 2.12. The highest BCUT2D eigenvalue weighted by Gasteiger charge is 2.24. The third-order valence-electron chi connectivity index (χ3n) is 2.72. The van der Waals surface area contributed by atoms with Crippen LogP contribution in [0.4, 0.5) is 4.79 Å². The zero-order valence-corrected chi connectivity index (χ0v) is 12.5. The zero-order valence-electron chi connectivity index (χ0n) is 12.5. The van der Waals surface area contributed by atoms with Crippen molar-refractivity contribution >= 4 is 12.0 Å². The monoisotopic (exact) mass is 273 g/mol. The fraction of sp³-hybridized carbons (Fsp3) is 0.846. The number of nitrogens with one attached hydrogen (secondary N) is 1. The smallest absolute Gasteiger partial charge is 0.407 e. The third-order valence-corrected chi connectivity index (χ3v) is 2.72. The van der Waals surface area contributed by atoms with Crippen LogP contribution in [0, 0.1) is 11.8 Å². The quantitative estimate of drug-likeness (QED) is 0.670. The molecular weight excluding hydrogens is 246 g/mol. The molecule has 0 spiro atoms. The SMILES string of the molecule is CC(C)C(CNC(=O)OC(C)(C)C)C(N)CC(N)=O. The predicted octanol–water partition coefficient (Wildman–Crippen LogP) is 0.986. The van der Waals surface area contributed by atoms with E-state index >= 15 is 0 Å². The molecule has 6 nitrogen and oxygen atoms in total. The molecule has 6 heteroatoms. The van der Waals surface area contributed by atoms with Crippen LogP contribution in [-0.2, 0) is 9.53 Å². The number of amides is 2. The van der Waals surface area contributed by atoms with Crippen LogP contribution in [-0.4, -0.2) is 30.2 Å². The number of alkyl carbamates (subject to hydrolysis) is 1. The summed E-state index contributed by atoms with van der Waals surface area (Å²) in [5.74, 6) is -0.236. The number of hydrogen-bond donors (Lipinski definition) is 3. The molecule has 0 aliphatic carbocycles. The Morgan fingerprint density at radius 3 is 2.16 bits per heavy atom. The minimum Gasteiger partial charge on any atom is -0.444 e. The molecule has 0 bridgehead atoms. The molecule has 0 radical (unpaired) electrons. The molecular formula is C13H27N3O3. The van der Waals surface area contributed by atoms with Crippen molar-refractivity contribution in [1.82, 2.24) is 5.32 Å². The van der Waals surface area contributed by atoms with Crippen molar-refractivity contribution in [3.05, 3.63) is 0 Å². The van der Waals surface area contributed by atoms with Crippen molar-refractivity contribution in [2.24, 2.45) is 23.3 Å². The molecule has 2 atom stereocenters. The maximum absolute atomic E-state index is 11.6. The second-order valence-electron chi connectivity index (χ2n) is 6.12. The third kappa shape index (κ3) is 8.42. The normalized spacial score (nSPS) is 14.9. The Bertz CT molecular complexity index is 311. The molecule has 0 saturated heterocycles. The van der Waals surface area contributed by atoms with Crippen molar-refractivity contribution in [2.45, 2.75) is 52.7 Å². The Labute approximate surface area is 115 Å². The summed E-state index contributed by atoms with van der Waals surface area (Å²) in [5.41, 5.74) is 10.5. The van der Waals surface area contributed by atoms with Gasteiger partial charge in [-0.15, -0.1) is 0 Å². The predicted molar refractivity (Wildman–Crippen MR) is 74.4 cm³/mol. The molecule has 112 valence electrons. The molecule has 0 fully saturated rings. The molecule has 0 rings (SSSR count). The van der Waals surface area contributed by atoms with E-state index in [-0.39, 0.29) is 24.3 Å². The number of rotatable bonds is 6. The van der Waals surface area contributed by atoms with Gasteiger partial charge in [-0.3, -0.25) is 4.79 Å². The van der Waals surface area contributed by atoms with E-state index in [4.69, 9.17) is 16.2 Å². The van der Waals surface area contributed by atoms with Crippen LogP contribution in [0.2, 0.25) is 0 Å². The lowest BCUT2D eigenvalue weighted by Gasteiger charge is -2.27. The van der Waals surface area contributed by atoms with E-state index < -0.39 is 17.6 Å². The van der Waals surface area contributed by atoms with Crippen LogP contribution < -0.4 is 16.8 Å². The van der Waals surface area contributed by atoms with Gasteiger partial charge in [-0.05, 0) is 32.6 Å². The second kappa shape index (κ2) is 7.33. The highest BCUT2D eigenvalue weighted by Crippen LogP contribution is 2.16. The molecule has 0 aliphatic heterocycles. The van der Waals surface area contributed by atoms with Crippen molar-refractivity contribution in [2.75, 3.05) is 6.54 Å². The Morgan fingerprint density at radius 2 is 1.79 bits per heavy atom. The number of hydrogen-bond acceptors (Lipinski definition) is 4. The zero-order chi connectivity index (χ0) is 15.2. The molecule has 0 aromatic carbocycles.